The highest BCUT2D eigenvalue weighted by Gasteiger charge is 2.28. The summed E-state index contributed by atoms with van der Waals surface area (Å²) in [5.74, 6) is -0.295. The van der Waals surface area contributed by atoms with Crippen LogP contribution in [-0.4, -0.2) is 46.8 Å². The minimum Gasteiger partial charge on any atom is -0.358 e. The summed E-state index contributed by atoms with van der Waals surface area (Å²) in [5, 5.41) is 14.5. The van der Waals surface area contributed by atoms with Crippen molar-refractivity contribution in [2.24, 2.45) is 5.92 Å². The molecule has 2 heterocycles. The molecule has 0 saturated carbocycles. The van der Waals surface area contributed by atoms with Gasteiger partial charge in [0, 0.05) is 13.1 Å². The highest BCUT2D eigenvalue weighted by molar-refractivity contribution is 7.88. The fourth-order valence-corrected chi connectivity index (χ4v) is 3.51. The van der Waals surface area contributed by atoms with Crippen LogP contribution in [0.3, 0.4) is 0 Å². The molecule has 1 aliphatic rings. The van der Waals surface area contributed by atoms with E-state index in [0.717, 1.165) is 12.8 Å². The Labute approximate surface area is 121 Å². The van der Waals surface area contributed by atoms with Crippen LogP contribution < -0.4 is 0 Å². The van der Waals surface area contributed by atoms with Crippen molar-refractivity contribution in [3.8, 4) is 0 Å². The number of hydrogen-bond donors (Lipinski definition) is 0. The van der Waals surface area contributed by atoms with E-state index in [4.69, 9.17) is 11.6 Å². The van der Waals surface area contributed by atoms with Gasteiger partial charge in [-0.15, -0.1) is 0 Å². The van der Waals surface area contributed by atoms with Gasteiger partial charge in [-0.3, -0.25) is 0 Å². The van der Waals surface area contributed by atoms with Gasteiger partial charge in [0.25, 0.3) is 0 Å². The number of piperidine rings is 1. The molecule has 10 heteroatoms. The molecule has 112 valence electrons. The summed E-state index contributed by atoms with van der Waals surface area (Å²) in [6.07, 6.45) is 4.22. The topological polar surface area (TPSA) is 98.3 Å². The molecule has 1 fully saturated rings. The van der Waals surface area contributed by atoms with Crippen molar-refractivity contribution in [1.29, 1.82) is 0 Å². The van der Waals surface area contributed by atoms with Crippen LogP contribution in [0.4, 0.5) is 5.82 Å². The maximum atomic E-state index is 11.5. The summed E-state index contributed by atoms with van der Waals surface area (Å²) >= 11 is 5.73. The molecule has 0 radical (unpaired) electrons. The van der Waals surface area contributed by atoms with Crippen molar-refractivity contribution >= 4 is 27.4 Å². The Morgan fingerprint density at radius 1 is 1.60 bits per heavy atom. The van der Waals surface area contributed by atoms with Crippen LogP contribution in [-0.2, 0) is 16.6 Å². The van der Waals surface area contributed by atoms with Gasteiger partial charge in [-0.1, -0.05) is 11.6 Å². The van der Waals surface area contributed by atoms with Gasteiger partial charge in [0.15, 0.2) is 5.02 Å². The molecule has 8 nitrogen and oxygen atoms in total. The van der Waals surface area contributed by atoms with E-state index >= 15 is 0 Å². The Bertz CT molecular complexity index is 615. The molecule has 0 amide bonds. The van der Waals surface area contributed by atoms with Crippen LogP contribution in [0, 0.1) is 16.0 Å². The first kappa shape index (κ1) is 15.2. The van der Waals surface area contributed by atoms with Crippen LogP contribution in [0.5, 0.6) is 0 Å². The summed E-state index contributed by atoms with van der Waals surface area (Å²) in [5.41, 5.74) is 0. The number of sulfonamides is 1. The molecule has 0 aliphatic carbocycles. The van der Waals surface area contributed by atoms with Crippen molar-refractivity contribution < 1.29 is 13.3 Å². The molecular weight excluding hydrogens is 308 g/mol. The summed E-state index contributed by atoms with van der Waals surface area (Å²) in [6.45, 7) is 1.35. The minimum atomic E-state index is -3.20. The third kappa shape index (κ3) is 3.47. The maximum absolute atomic E-state index is 11.5. The van der Waals surface area contributed by atoms with E-state index in [1.54, 1.807) is 0 Å². The van der Waals surface area contributed by atoms with Gasteiger partial charge in [0.2, 0.25) is 10.0 Å². The lowest BCUT2D eigenvalue weighted by molar-refractivity contribution is -0.389. The van der Waals surface area contributed by atoms with Crippen molar-refractivity contribution in [3.05, 3.63) is 21.3 Å². The smallest absolute Gasteiger partial charge is 0.358 e. The van der Waals surface area contributed by atoms with Gasteiger partial charge >= 0.3 is 5.82 Å². The first-order valence-electron chi connectivity index (χ1n) is 6.10. The lowest BCUT2D eigenvalue weighted by Gasteiger charge is -2.30. The second-order valence-electron chi connectivity index (χ2n) is 4.91. The molecule has 20 heavy (non-hydrogen) atoms. The Morgan fingerprint density at radius 2 is 2.30 bits per heavy atom. The number of hydrogen-bond acceptors (Lipinski definition) is 5. The predicted octanol–water partition coefficient (Wildman–Crippen LogP) is 1.12. The van der Waals surface area contributed by atoms with Crippen LogP contribution in [0.1, 0.15) is 12.8 Å². The molecule has 1 unspecified atom stereocenters. The van der Waals surface area contributed by atoms with Crippen molar-refractivity contribution in [3.63, 3.8) is 0 Å². The van der Waals surface area contributed by atoms with Gasteiger partial charge in [0.1, 0.15) is 0 Å². The molecule has 0 aromatic carbocycles. The van der Waals surface area contributed by atoms with E-state index in [1.807, 2.05) is 0 Å². The van der Waals surface area contributed by atoms with Crippen molar-refractivity contribution in [1.82, 2.24) is 14.1 Å². The van der Waals surface area contributed by atoms with Crippen LogP contribution in [0.2, 0.25) is 5.02 Å². The van der Waals surface area contributed by atoms with E-state index in [9.17, 15) is 18.5 Å². The standard InChI is InChI=1S/C10H15ClN4O4S/c1-20(18,19)14-4-2-3-8(6-14)5-13-7-9(11)10(12-13)15(16)17/h7-8H,2-6H2,1H3. The van der Waals surface area contributed by atoms with E-state index in [-0.39, 0.29) is 16.8 Å². The predicted molar refractivity (Wildman–Crippen MR) is 73.0 cm³/mol. The third-order valence-corrected chi connectivity index (χ3v) is 4.80. The number of aromatic nitrogens is 2. The highest BCUT2D eigenvalue weighted by atomic mass is 35.5. The molecule has 1 saturated heterocycles. The van der Waals surface area contributed by atoms with Crippen LogP contribution in [0.25, 0.3) is 0 Å². The molecule has 1 aromatic rings. The minimum absolute atomic E-state index is 0.00854. The van der Waals surface area contributed by atoms with Crippen LogP contribution >= 0.6 is 11.6 Å². The fourth-order valence-electron chi connectivity index (χ4n) is 2.35. The maximum Gasteiger partial charge on any atom is 0.408 e. The number of nitro groups is 1. The Morgan fingerprint density at radius 3 is 2.85 bits per heavy atom. The summed E-state index contributed by atoms with van der Waals surface area (Å²) < 4.78 is 25.9. The fraction of sp³-hybridized carbons (Fsp3) is 0.700. The quantitative estimate of drug-likeness (QED) is 0.611. The molecule has 1 aliphatic heterocycles. The van der Waals surface area contributed by atoms with Gasteiger partial charge in [-0.25, -0.2) is 12.7 Å². The number of nitrogens with zero attached hydrogens (tertiary/aromatic N) is 4. The average Bonchev–Trinajstić information content (AvgIpc) is 2.69. The van der Waals surface area contributed by atoms with E-state index in [1.165, 1.54) is 21.4 Å². The van der Waals surface area contributed by atoms with Gasteiger partial charge in [-0.2, -0.15) is 4.68 Å². The van der Waals surface area contributed by atoms with Crippen molar-refractivity contribution in [2.45, 2.75) is 19.4 Å². The molecule has 0 bridgehead atoms. The van der Waals surface area contributed by atoms with Crippen LogP contribution in [0.15, 0.2) is 6.20 Å². The van der Waals surface area contributed by atoms with Gasteiger partial charge < -0.3 is 10.1 Å². The summed E-state index contributed by atoms with van der Waals surface area (Å²) in [7, 11) is -3.20. The Balaban J connectivity index is 2.06. The number of rotatable bonds is 4. The first-order chi connectivity index (χ1) is 9.27. The molecule has 1 aromatic heterocycles. The zero-order chi connectivity index (χ0) is 14.9. The van der Waals surface area contributed by atoms with Crippen molar-refractivity contribution in [2.75, 3.05) is 19.3 Å². The Hall–Kier alpha value is -1.19. The molecule has 0 N–H and O–H groups in total. The molecule has 2 rings (SSSR count). The lowest BCUT2D eigenvalue weighted by atomic mass is 10.00. The second-order valence-corrected chi connectivity index (χ2v) is 7.30. The van der Waals surface area contributed by atoms with E-state index < -0.39 is 14.9 Å². The third-order valence-electron chi connectivity index (χ3n) is 3.27. The number of halogens is 1. The zero-order valence-electron chi connectivity index (χ0n) is 10.9. The van der Waals surface area contributed by atoms with Gasteiger partial charge in [0.05, 0.1) is 24.1 Å². The largest absolute Gasteiger partial charge is 0.408 e. The lowest BCUT2D eigenvalue weighted by Crippen LogP contribution is -2.40. The molecule has 1 atom stereocenters. The van der Waals surface area contributed by atoms with E-state index in [0.29, 0.717) is 19.6 Å². The second kappa shape index (κ2) is 5.66. The summed E-state index contributed by atoms with van der Waals surface area (Å²) in [4.78, 5) is 10.0. The summed E-state index contributed by atoms with van der Waals surface area (Å²) in [6, 6.07) is 0. The first-order valence-corrected chi connectivity index (χ1v) is 8.32. The SMILES string of the molecule is CS(=O)(=O)N1CCCC(Cn2cc(Cl)c([N+](=O)[O-])n2)C1. The normalized spacial score (nSPS) is 21.0. The van der Waals surface area contributed by atoms with E-state index in [2.05, 4.69) is 5.10 Å². The highest BCUT2D eigenvalue weighted by Crippen LogP contribution is 2.24. The monoisotopic (exact) mass is 322 g/mol. The zero-order valence-corrected chi connectivity index (χ0v) is 12.5. The Kier molecular flexibility index (Phi) is 4.31. The molecule has 0 spiro atoms. The molecular formula is C10H15ClN4O4S. The van der Waals surface area contributed by atoms with Gasteiger partial charge in [-0.05, 0) is 23.7 Å². The average molecular weight is 323 g/mol.